The van der Waals surface area contributed by atoms with E-state index in [9.17, 15) is 23.2 Å². The second kappa shape index (κ2) is 10.0. The lowest BCUT2D eigenvalue weighted by Crippen LogP contribution is -2.42. The van der Waals surface area contributed by atoms with Crippen LogP contribution in [0.1, 0.15) is 44.0 Å². The smallest absolute Gasteiger partial charge is 0.387 e. The summed E-state index contributed by atoms with van der Waals surface area (Å²) in [6, 6.07) is 5.52. The van der Waals surface area contributed by atoms with Gasteiger partial charge in [-0.1, -0.05) is 39.3 Å². The van der Waals surface area contributed by atoms with Crippen LogP contribution in [0.4, 0.5) is 20.3 Å². The van der Waals surface area contributed by atoms with Crippen LogP contribution < -0.4 is 26.6 Å². The van der Waals surface area contributed by atoms with Gasteiger partial charge in [0.05, 0.1) is 5.56 Å². The van der Waals surface area contributed by atoms with Crippen LogP contribution in [0.25, 0.3) is 0 Å². The number of ether oxygens (including phenoxy) is 1. The first-order valence-electron chi connectivity index (χ1n) is 9.65. The third kappa shape index (κ3) is 5.25. The average molecular weight is 424 g/mol. The van der Waals surface area contributed by atoms with Crippen molar-refractivity contribution in [2.75, 3.05) is 17.2 Å². The number of rotatable bonds is 9. The zero-order valence-corrected chi connectivity index (χ0v) is 17.2. The molecule has 0 atom stereocenters. The van der Waals surface area contributed by atoms with Crippen molar-refractivity contribution in [2.45, 2.75) is 46.8 Å². The number of amides is 1. The highest BCUT2D eigenvalue weighted by molar-refractivity contribution is 6.08. The maximum absolute atomic E-state index is 13.3. The van der Waals surface area contributed by atoms with Crippen LogP contribution in [0.3, 0.4) is 0 Å². The van der Waals surface area contributed by atoms with Crippen LogP contribution in [0.15, 0.2) is 33.9 Å². The van der Waals surface area contributed by atoms with Crippen molar-refractivity contribution in [3.8, 4) is 5.75 Å². The van der Waals surface area contributed by atoms with Gasteiger partial charge in [-0.25, -0.2) is 4.79 Å². The topological polar surface area (TPSA) is 110 Å². The quantitative estimate of drug-likeness (QED) is 0.643. The summed E-state index contributed by atoms with van der Waals surface area (Å²) in [6.07, 6.45) is 1.22. The average Bonchev–Trinajstić information content (AvgIpc) is 2.67. The van der Waals surface area contributed by atoms with Crippen molar-refractivity contribution < 1.29 is 18.3 Å². The maximum Gasteiger partial charge on any atom is 0.387 e. The molecule has 0 aliphatic carbocycles. The van der Waals surface area contributed by atoms with Gasteiger partial charge in [-0.15, -0.1) is 0 Å². The summed E-state index contributed by atoms with van der Waals surface area (Å²) in [5.74, 6) is -1.16. The normalized spacial score (nSPS) is 11.2. The SMILES string of the molecule is CCCCN(C(=O)c1ccccc1OC(F)F)c1c(N)n(CC(C)C)c(=O)[nH]c1=O. The zero-order chi connectivity index (χ0) is 22.4. The van der Waals surface area contributed by atoms with E-state index in [1.165, 1.54) is 28.8 Å². The molecule has 1 amide bonds. The predicted octanol–water partition coefficient (Wildman–Crippen LogP) is 2.82. The number of unbranched alkanes of at least 4 members (excludes halogenated alkanes) is 1. The largest absolute Gasteiger partial charge is 0.434 e. The Morgan fingerprint density at radius 2 is 1.93 bits per heavy atom. The van der Waals surface area contributed by atoms with Crippen LogP contribution in [0.2, 0.25) is 0 Å². The fourth-order valence-electron chi connectivity index (χ4n) is 3.00. The van der Waals surface area contributed by atoms with Gasteiger partial charge in [0.15, 0.2) is 5.69 Å². The monoisotopic (exact) mass is 424 g/mol. The third-order valence-electron chi connectivity index (χ3n) is 4.35. The number of nitrogens with one attached hydrogen (secondary N) is 1. The number of anilines is 2. The minimum atomic E-state index is -3.12. The Kier molecular flexibility index (Phi) is 7.73. The summed E-state index contributed by atoms with van der Waals surface area (Å²) < 4.78 is 31.2. The van der Waals surface area contributed by atoms with Crippen LogP contribution in [-0.4, -0.2) is 28.6 Å². The highest BCUT2D eigenvalue weighted by atomic mass is 19.3. The van der Waals surface area contributed by atoms with Gasteiger partial charge in [0.2, 0.25) is 0 Å². The molecule has 1 heterocycles. The number of nitrogen functional groups attached to an aromatic ring is 1. The number of para-hydroxylation sites is 1. The Hall–Kier alpha value is -3.17. The second-order valence-corrected chi connectivity index (χ2v) is 7.18. The molecule has 30 heavy (non-hydrogen) atoms. The van der Waals surface area contributed by atoms with Gasteiger partial charge in [0, 0.05) is 13.1 Å². The molecule has 2 aromatic rings. The molecule has 10 heteroatoms. The fraction of sp³-hybridized carbons (Fsp3) is 0.450. The van der Waals surface area contributed by atoms with Crippen LogP contribution >= 0.6 is 0 Å². The van der Waals surface area contributed by atoms with Crippen molar-refractivity contribution in [1.82, 2.24) is 9.55 Å². The van der Waals surface area contributed by atoms with Gasteiger partial charge in [-0.2, -0.15) is 8.78 Å². The molecule has 0 bridgehead atoms. The van der Waals surface area contributed by atoms with E-state index in [0.29, 0.717) is 12.8 Å². The first kappa shape index (κ1) is 23.1. The molecule has 0 aliphatic heterocycles. The predicted molar refractivity (Wildman–Crippen MR) is 110 cm³/mol. The standard InChI is InChI=1S/C20H26F2N4O4/c1-4-5-10-25(18(28)13-8-6-7-9-14(13)30-19(21)22)15-16(23)26(11-12(2)3)20(29)24-17(15)27/h6-9,12,19H,4-5,10-11,23H2,1-3H3,(H,24,27,29). The summed E-state index contributed by atoms with van der Waals surface area (Å²) in [5.41, 5.74) is 4.29. The maximum atomic E-state index is 13.3. The van der Waals surface area contributed by atoms with E-state index >= 15 is 0 Å². The van der Waals surface area contributed by atoms with Gasteiger partial charge in [-0.3, -0.25) is 19.1 Å². The number of hydrogen-bond acceptors (Lipinski definition) is 5. The lowest BCUT2D eigenvalue weighted by atomic mass is 10.1. The first-order chi connectivity index (χ1) is 14.2. The molecule has 0 spiro atoms. The third-order valence-corrected chi connectivity index (χ3v) is 4.35. The molecular formula is C20H26F2N4O4. The van der Waals surface area contributed by atoms with E-state index < -0.39 is 23.8 Å². The molecule has 0 saturated heterocycles. The Labute approximate surface area is 172 Å². The number of benzene rings is 1. The molecule has 3 N–H and O–H groups in total. The van der Waals surface area contributed by atoms with E-state index in [1.54, 1.807) is 0 Å². The van der Waals surface area contributed by atoms with E-state index in [4.69, 9.17) is 5.73 Å². The number of carbonyl (C=O) groups is 1. The van der Waals surface area contributed by atoms with Crippen LogP contribution in [0.5, 0.6) is 5.75 Å². The minimum absolute atomic E-state index is 0.0451. The molecule has 0 unspecified atom stereocenters. The summed E-state index contributed by atoms with van der Waals surface area (Å²) in [5, 5.41) is 0. The summed E-state index contributed by atoms with van der Waals surface area (Å²) >= 11 is 0. The molecule has 0 fully saturated rings. The number of hydrogen-bond donors (Lipinski definition) is 2. The van der Waals surface area contributed by atoms with Crippen molar-refractivity contribution in [3.63, 3.8) is 0 Å². The lowest BCUT2D eigenvalue weighted by Gasteiger charge is -2.25. The van der Waals surface area contributed by atoms with E-state index in [-0.39, 0.29) is 41.8 Å². The van der Waals surface area contributed by atoms with E-state index in [2.05, 4.69) is 9.72 Å². The Bertz CT molecular complexity index is 1000. The highest BCUT2D eigenvalue weighted by Gasteiger charge is 2.27. The Balaban J connectivity index is 2.63. The number of nitrogens with zero attached hydrogens (tertiary/aromatic N) is 2. The van der Waals surface area contributed by atoms with Gasteiger partial charge in [-0.05, 0) is 24.5 Å². The van der Waals surface area contributed by atoms with E-state index in [1.807, 2.05) is 20.8 Å². The molecule has 0 saturated carbocycles. The molecule has 8 nitrogen and oxygen atoms in total. The molecule has 2 rings (SSSR count). The molecule has 1 aromatic carbocycles. The number of aromatic nitrogens is 2. The van der Waals surface area contributed by atoms with Crippen LogP contribution in [-0.2, 0) is 6.54 Å². The van der Waals surface area contributed by atoms with Crippen molar-refractivity contribution in [1.29, 1.82) is 0 Å². The summed E-state index contributed by atoms with van der Waals surface area (Å²) in [7, 11) is 0. The molecule has 0 radical (unpaired) electrons. The van der Waals surface area contributed by atoms with Gasteiger partial charge in [0.25, 0.3) is 11.5 Å². The van der Waals surface area contributed by atoms with Gasteiger partial charge >= 0.3 is 12.3 Å². The Morgan fingerprint density at radius 3 is 2.53 bits per heavy atom. The fourth-order valence-corrected chi connectivity index (χ4v) is 3.00. The first-order valence-corrected chi connectivity index (χ1v) is 9.65. The molecule has 164 valence electrons. The van der Waals surface area contributed by atoms with Crippen molar-refractivity contribution in [3.05, 3.63) is 50.7 Å². The minimum Gasteiger partial charge on any atom is -0.434 e. The summed E-state index contributed by atoms with van der Waals surface area (Å²) in [6.45, 7) is 2.85. The number of nitrogens with two attached hydrogens (primary N) is 1. The number of carbonyl (C=O) groups excluding carboxylic acids is 1. The zero-order valence-electron chi connectivity index (χ0n) is 17.2. The van der Waals surface area contributed by atoms with Gasteiger partial charge in [0.1, 0.15) is 11.6 Å². The van der Waals surface area contributed by atoms with E-state index in [0.717, 1.165) is 4.90 Å². The van der Waals surface area contributed by atoms with Crippen molar-refractivity contribution in [2.24, 2.45) is 5.92 Å². The van der Waals surface area contributed by atoms with Crippen LogP contribution in [0, 0.1) is 5.92 Å². The number of halogens is 2. The second-order valence-electron chi connectivity index (χ2n) is 7.18. The molecule has 1 aromatic heterocycles. The van der Waals surface area contributed by atoms with Gasteiger partial charge < -0.3 is 15.4 Å². The summed E-state index contributed by atoms with van der Waals surface area (Å²) in [4.78, 5) is 41.4. The number of H-pyrrole nitrogens is 1. The molecular weight excluding hydrogens is 398 g/mol. The molecule has 0 aliphatic rings. The highest BCUT2D eigenvalue weighted by Crippen LogP contribution is 2.26. The van der Waals surface area contributed by atoms with Crippen molar-refractivity contribution >= 4 is 17.4 Å². The number of alkyl halides is 2. The number of aromatic amines is 1. The Morgan fingerprint density at radius 1 is 1.27 bits per heavy atom. The lowest BCUT2D eigenvalue weighted by molar-refractivity contribution is -0.0501.